The van der Waals surface area contributed by atoms with Crippen molar-refractivity contribution in [3.63, 3.8) is 0 Å². The van der Waals surface area contributed by atoms with E-state index in [9.17, 15) is 4.79 Å². The van der Waals surface area contributed by atoms with Crippen molar-refractivity contribution in [1.29, 1.82) is 5.26 Å². The molecule has 1 atom stereocenters. The lowest BCUT2D eigenvalue weighted by Gasteiger charge is -2.28. The van der Waals surface area contributed by atoms with Gasteiger partial charge in [-0.3, -0.25) is 4.68 Å². The van der Waals surface area contributed by atoms with E-state index in [1.807, 2.05) is 14.1 Å². The third-order valence-corrected chi connectivity index (χ3v) is 3.72. The third-order valence-electron chi connectivity index (χ3n) is 3.72. The predicted molar refractivity (Wildman–Crippen MR) is 75.4 cm³/mol. The average molecular weight is 276 g/mol. The number of likely N-dealkylation sites (N-methyl/N-ethyl adjacent to an activating group) is 1. The van der Waals surface area contributed by atoms with E-state index in [2.05, 4.69) is 16.1 Å². The van der Waals surface area contributed by atoms with Crippen molar-refractivity contribution in [3.8, 4) is 6.07 Å². The van der Waals surface area contributed by atoms with Crippen LogP contribution in [0.15, 0.2) is 6.20 Å². The fraction of sp³-hybridized carbons (Fsp3) is 0.615. The minimum Gasteiger partial charge on any atom is -0.354 e. The maximum Gasteiger partial charge on any atom is 0.319 e. The standard InChI is InChI=1S/C13H20N6O/c1-16(2)13(20)17(3)11-5-6-19(9-11)12-10(7-14)8-15-18(12)4/h8,11H,5-6,9H2,1-4H3. The molecule has 1 aromatic rings. The molecule has 1 fully saturated rings. The number of rotatable bonds is 2. The summed E-state index contributed by atoms with van der Waals surface area (Å²) in [5, 5.41) is 13.3. The number of anilines is 1. The van der Waals surface area contributed by atoms with Crippen LogP contribution in [0.2, 0.25) is 0 Å². The van der Waals surface area contributed by atoms with Crippen LogP contribution in [0.25, 0.3) is 0 Å². The van der Waals surface area contributed by atoms with Gasteiger partial charge in [0, 0.05) is 41.3 Å². The molecule has 108 valence electrons. The monoisotopic (exact) mass is 276 g/mol. The minimum absolute atomic E-state index is 0.00219. The molecule has 0 bridgehead atoms. The van der Waals surface area contributed by atoms with Crippen LogP contribution < -0.4 is 4.90 Å². The zero-order valence-electron chi connectivity index (χ0n) is 12.4. The molecule has 1 unspecified atom stereocenters. The number of aromatic nitrogens is 2. The maximum atomic E-state index is 12.0. The number of carbonyl (C=O) groups excluding carboxylic acids is 1. The highest BCUT2D eigenvalue weighted by Crippen LogP contribution is 2.25. The van der Waals surface area contributed by atoms with Crippen LogP contribution >= 0.6 is 0 Å². The summed E-state index contributed by atoms with van der Waals surface area (Å²) in [6, 6.07) is 2.33. The molecule has 0 aromatic carbocycles. The Balaban J connectivity index is 2.11. The molecule has 1 saturated heterocycles. The molecule has 0 aliphatic carbocycles. The molecule has 0 saturated carbocycles. The summed E-state index contributed by atoms with van der Waals surface area (Å²) in [5.41, 5.74) is 0.578. The highest BCUT2D eigenvalue weighted by atomic mass is 16.2. The van der Waals surface area contributed by atoms with Crippen molar-refractivity contribution in [2.45, 2.75) is 12.5 Å². The highest BCUT2D eigenvalue weighted by molar-refractivity contribution is 5.74. The Kier molecular flexibility index (Phi) is 3.84. The van der Waals surface area contributed by atoms with E-state index in [0.29, 0.717) is 5.56 Å². The number of nitriles is 1. The van der Waals surface area contributed by atoms with Gasteiger partial charge in [-0.15, -0.1) is 0 Å². The fourth-order valence-corrected chi connectivity index (χ4v) is 2.61. The molecular weight excluding hydrogens is 256 g/mol. The molecule has 2 heterocycles. The number of hydrogen-bond acceptors (Lipinski definition) is 4. The van der Waals surface area contributed by atoms with Crippen LogP contribution in [-0.4, -0.2) is 65.9 Å². The van der Waals surface area contributed by atoms with E-state index in [1.165, 1.54) is 0 Å². The van der Waals surface area contributed by atoms with Crippen LogP contribution in [0.3, 0.4) is 0 Å². The summed E-state index contributed by atoms with van der Waals surface area (Å²) in [7, 11) is 7.16. The molecule has 2 rings (SSSR count). The molecule has 1 aliphatic rings. The number of aryl methyl sites for hydroxylation is 1. The Hall–Kier alpha value is -2.23. The van der Waals surface area contributed by atoms with Crippen LogP contribution in [0.4, 0.5) is 10.6 Å². The Bertz CT molecular complexity index is 544. The van der Waals surface area contributed by atoms with Crippen molar-refractivity contribution >= 4 is 11.8 Å². The van der Waals surface area contributed by atoms with Crippen LogP contribution in [-0.2, 0) is 7.05 Å². The van der Waals surface area contributed by atoms with Gasteiger partial charge in [-0.05, 0) is 6.42 Å². The van der Waals surface area contributed by atoms with Gasteiger partial charge in [0.2, 0.25) is 0 Å². The van der Waals surface area contributed by atoms with Gasteiger partial charge >= 0.3 is 6.03 Å². The number of amides is 2. The molecule has 20 heavy (non-hydrogen) atoms. The summed E-state index contributed by atoms with van der Waals surface area (Å²) in [4.78, 5) is 17.4. The van der Waals surface area contributed by atoms with E-state index in [4.69, 9.17) is 5.26 Å². The van der Waals surface area contributed by atoms with Crippen molar-refractivity contribution in [1.82, 2.24) is 19.6 Å². The molecule has 7 nitrogen and oxygen atoms in total. The second-order valence-electron chi connectivity index (χ2n) is 5.29. The second kappa shape index (κ2) is 5.41. The van der Waals surface area contributed by atoms with Crippen LogP contribution in [0.5, 0.6) is 0 Å². The predicted octanol–water partition coefficient (Wildman–Crippen LogP) is 0.484. The first kappa shape index (κ1) is 14.2. The highest BCUT2D eigenvalue weighted by Gasteiger charge is 2.31. The summed E-state index contributed by atoms with van der Waals surface area (Å²) in [6.07, 6.45) is 2.48. The first-order valence-electron chi connectivity index (χ1n) is 6.57. The van der Waals surface area contributed by atoms with Crippen molar-refractivity contribution in [3.05, 3.63) is 11.8 Å². The van der Waals surface area contributed by atoms with Gasteiger partial charge < -0.3 is 14.7 Å². The van der Waals surface area contributed by atoms with E-state index in [-0.39, 0.29) is 12.1 Å². The van der Waals surface area contributed by atoms with Gasteiger partial charge in [0.15, 0.2) is 0 Å². The van der Waals surface area contributed by atoms with E-state index >= 15 is 0 Å². The second-order valence-corrected chi connectivity index (χ2v) is 5.29. The van der Waals surface area contributed by atoms with E-state index in [0.717, 1.165) is 25.3 Å². The minimum atomic E-state index is 0.00219. The molecule has 2 amide bonds. The Morgan fingerprint density at radius 3 is 2.80 bits per heavy atom. The largest absolute Gasteiger partial charge is 0.354 e. The summed E-state index contributed by atoms with van der Waals surface area (Å²) >= 11 is 0. The third kappa shape index (κ3) is 2.41. The van der Waals surface area contributed by atoms with Gasteiger partial charge in [-0.2, -0.15) is 10.4 Å². The molecule has 7 heteroatoms. The van der Waals surface area contributed by atoms with Gasteiger partial charge in [0.25, 0.3) is 0 Å². The lowest BCUT2D eigenvalue weighted by atomic mass is 10.2. The molecule has 0 N–H and O–H groups in total. The summed E-state index contributed by atoms with van der Waals surface area (Å²) < 4.78 is 1.72. The average Bonchev–Trinajstić information content (AvgIpc) is 3.02. The normalized spacial score (nSPS) is 17.9. The molecule has 0 radical (unpaired) electrons. The molecule has 1 aliphatic heterocycles. The van der Waals surface area contributed by atoms with E-state index in [1.54, 1.807) is 34.8 Å². The summed E-state index contributed by atoms with van der Waals surface area (Å²) in [6.45, 7) is 1.55. The molecular formula is C13H20N6O. The Labute approximate surface area is 119 Å². The zero-order chi connectivity index (χ0) is 14.9. The Morgan fingerprint density at radius 2 is 2.20 bits per heavy atom. The quantitative estimate of drug-likeness (QED) is 0.788. The van der Waals surface area contributed by atoms with E-state index < -0.39 is 0 Å². The van der Waals surface area contributed by atoms with Crippen molar-refractivity contribution in [2.24, 2.45) is 7.05 Å². The fourth-order valence-electron chi connectivity index (χ4n) is 2.61. The Morgan fingerprint density at radius 1 is 1.50 bits per heavy atom. The summed E-state index contributed by atoms with van der Waals surface area (Å²) in [5.74, 6) is 0.834. The van der Waals surface area contributed by atoms with Gasteiger partial charge in [-0.1, -0.05) is 0 Å². The number of hydrogen-bond donors (Lipinski definition) is 0. The number of carbonyl (C=O) groups is 1. The van der Waals surface area contributed by atoms with Crippen molar-refractivity contribution in [2.75, 3.05) is 39.1 Å². The van der Waals surface area contributed by atoms with Gasteiger partial charge in [-0.25, -0.2) is 4.79 Å². The molecule has 0 spiro atoms. The zero-order valence-corrected chi connectivity index (χ0v) is 12.4. The topological polar surface area (TPSA) is 68.4 Å². The lowest BCUT2D eigenvalue weighted by molar-refractivity contribution is 0.167. The van der Waals surface area contributed by atoms with Gasteiger partial charge in [0.1, 0.15) is 17.5 Å². The van der Waals surface area contributed by atoms with Crippen LogP contribution in [0.1, 0.15) is 12.0 Å². The number of nitrogens with zero attached hydrogens (tertiary/aromatic N) is 6. The number of urea groups is 1. The maximum absolute atomic E-state index is 12.0. The molecule has 1 aromatic heterocycles. The van der Waals surface area contributed by atoms with Gasteiger partial charge in [0.05, 0.1) is 12.2 Å². The smallest absolute Gasteiger partial charge is 0.319 e. The first-order chi connectivity index (χ1) is 9.45. The van der Waals surface area contributed by atoms with Crippen molar-refractivity contribution < 1.29 is 4.79 Å². The first-order valence-corrected chi connectivity index (χ1v) is 6.57. The lowest BCUT2D eigenvalue weighted by Crippen LogP contribution is -2.44. The van der Waals surface area contributed by atoms with Crippen LogP contribution in [0, 0.1) is 11.3 Å². The SMILES string of the molecule is CN(C)C(=O)N(C)C1CCN(c2c(C#N)cnn2C)C1.